The minimum atomic E-state index is 0.493. The Morgan fingerprint density at radius 1 is 1.04 bits per heavy atom. The Morgan fingerprint density at radius 2 is 1.78 bits per heavy atom. The second-order valence-electron chi connectivity index (χ2n) is 5.17. The van der Waals surface area contributed by atoms with Crippen LogP contribution in [0.3, 0.4) is 0 Å². The zero-order chi connectivity index (χ0) is 16.1. The predicted molar refractivity (Wildman–Crippen MR) is 97.3 cm³/mol. The molecule has 0 aliphatic heterocycles. The maximum absolute atomic E-state index is 5.88. The van der Waals surface area contributed by atoms with Crippen LogP contribution in [0.2, 0.25) is 0 Å². The van der Waals surface area contributed by atoms with Crippen molar-refractivity contribution in [2.24, 2.45) is 0 Å². The van der Waals surface area contributed by atoms with Crippen LogP contribution in [0.4, 0.5) is 0 Å². The largest absolute Gasteiger partial charge is 0.487 e. The van der Waals surface area contributed by atoms with E-state index in [4.69, 9.17) is 21.3 Å². The molecular weight excluding hydrogens is 326 g/mol. The highest BCUT2D eigenvalue weighted by molar-refractivity contribution is 7.15. The third kappa shape index (κ3) is 3.92. The molecule has 0 N–H and O–H groups in total. The first-order valence-electron chi connectivity index (χ1n) is 7.62. The average Bonchev–Trinajstić information content (AvgIpc) is 3.04. The Balaban J connectivity index is 1.75. The number of rotatable bonds is 6. The zero-order valence-corrected chi connectivity index (χ0v) is 14.5. The molecule has 0 amide bonds. The van der Waals surface area contributed by atoms with Gasteiger partial charge in [0.25, 0.3) is 0 Å². The van der Waals surface area contributed by atoms with E-state index in [2.05, 4.69) is 19.1 Å². The first-order chi connectivity index (χ1) is 11.3. The molecule has 0 radical (unpaired) electrons. The van der Waals surface area contributed by atoms with Crippen LogP contribution in [0, 0.1) is 0 Å². The summed E-state index contributed by atoms with van der Waals surface area (Å²) in [6, 6.07) is 18.2. The van der Waals surface area contributed by atoms with Crippen LogP contribution in [-0.2, 0) is 18.9 Å². The van der Waals surface area contributed by atoms with E-state index in [0.717, 1.165) is 34.0 Å². The summed E-state index contributed by atoms with van der Waals surface area (Å²) in [5.74, 6) is 1.36. The van der Waals surface area contributed by atoms with Crippen molar-refractivity contribution in [2.75, 3.05) is 0 Å². The minimum absolute atomic E-state index is 0.493. The van der Waals surface area contributed by atoms with Gasteiger partial charge in [0, 0.05) is 16.3 Å². The molecule has 3 rings (SSSR count). The Labute approximate surface area is 145 Å². The van der Waals surface area contributed by atoms with Crippen molar-refractivity contribution in [3.8, 4) is 16.3 Å². The molecule has 1 aromatic heterocycles. The maximum atomic E-state index is 5.88. The van der Waals surface area contributed by atoms with Crippen molar-refractivity contribution in [2.45, 2.75) is 25.8 Å². The predicted octanol–water partition coefficient (Wildman–Crippen LogP) is 5.69. The first-order valence-corrected chi connectivity index (χ1v) is 8.97. The third-order valence-electron chi connectivity index (χ3n) is 3.57. The number of aromatic nitrogens is 1. The first kappa shape index (κ1) is 16.0. The van der Waals surface area contributed by atoms with Gasteiger partial charge in [-0.2, -0.15) is 0 Å². The highest BCUT2D eigenvalue weighted by atomic mass is 35.5. The number of hydrogen-bond acceptors (Lipinski definition) is 3. The summed E-state index contributed by atoms with van der Waals surface area (Å²) in [5, 5.41) is 1.05. The molecule has 0 aliphatic rings. The molecule has 1 heterocycles. The van der Waals surface area contributed by atoms with Gasteiger partial charge in [-0.15, -0.1) is 22.9 Å². The van der Waals surface area contributed by atoms with E-state index < -0.39 is 0 Å². The fourth-order valence-corrected chi connectivity index (χ4v) is 3.49. The number of thiazole rings is 1. The van der Waals surface area contributed by atoms with Crippen molar-refractivity contribution >= 4 is 22.9 Å². The Kier molecular flexibility index (Phi) is 5.31. The Bertz CT molecular complexity index is 753. The average molecular weight is 344 g/mol. The summed E-state index contributed by atoms with van der Waals surface area (Å²) in [7, 11) is 0. The van der Waals surface area contributed by atoms with E-state index in [1.165, 1.54) is 4.88 Å². The van der Waals surface area contributed by atoms with Crippen LogP contribution in [0.1, 0.15) is 23.1 Å². The quantitative estimate of drug-likeness (QED) is 0.536. The SMILES string of the molecule is CCc1sc(-c2ccccc2)nc1COc1ccc(CCl)cc1. The van der Waals surface area contributed by atoms with Crippen LogP contribution >= 0.6 is 22.9 Å². The summed E-state index contributed by atoms with van der Waals surface area (Å²) < 4.78 is 5.88. The molecule has 0 unspecified atom stereocenters. The van der Waals surface area contributed by atoms with E-state index >= 15 is 0 Å². The molecule has 0 saturated heterocycles. The van der Waals surface area contributed by atoms with Gasteiger partial charge in [-0.25, -0.2) is 4.98 Å². The molecule has 0 saturated carbocycles. The molecule has 3 aromatic rings. The van der Waals surface area contributed by atoms with Gasteiger partial charge in [-0.1, -0.05) is 49.4 Å². The summed E-state index contributed by atoms with van der Waals surface area (Å²) in [4.78, 5) is 6.05. The van der Waals surface area contributed by atoms with Crippen LogP contribution < -0.4 is 4.74 Å². The van der Waals surface area contributed by atoms with E-state index in [1.54, 1.807) is 11.3 Å². The van der Waals surface area contributed by atoms with Crippen molar-refractivity contribution in [1.82, 2.24) is 4.98 Å². The number of aryl methyl sites for hydroxylation is 1. The molecule has 0 bridgehead atoms. The maximum Gasteiger partial charge on any atom is 0.131 e. The lowest BCUT2D eigenvalue weighted by atomic mass is 10.2. The third-order valence-corrected chi connectivity index (χ3v) is 5.17. The molecule has 4 heteroatoms. The number of hydrogen-bond donors (Lipinski definition) is 0. The van der Waals surface area contributed by atoms with Crippen molar-refractivity contribution in [3.05, 3.63) is 70.7 Å². The summed E-state index contributed by atoms with van der Waals surface area (Å²) in [5.41, 5.74) is 3.27. The standard InChI is InChI=1S/C19H18ClNOS/c1-2-18-17(13-22-16-10-8-14(12-20)9-11-16)21-19(23-18)15-6-4-3-5-7-15/h3-11H,2,12-13H2,1H3. The van der Waals surface area contributed by atoms with Crippen LogP contribution in [0.25, 0.3) is 10.6 Å². The van der Waals surface area contributed by atoms with Gasteiger partial charge in [0.1, 0.15) is 17.4 Å². The van der Waals surface area contributed by atoms with Crippen molar-refractivity contribution in [3.63, 3.8) is 0 Å². The normalized spacial score (nSPS) is 10.7. The molecule has 0 aliphatic carbocycles. The topological polar surface area (TPSA) is 22.1 Å². The molecule has 23 heavy (non-hydrogen) atoms. The lowest BCUT2D eigenvalue weighted by molar-refractivity contribution is 0.301. The second kappa shape index (κ2) is 7.62. The smallest absolute Gasteiger partial charge is 0.131 e. The Morgan fingerprint density at radius 3 is 2.43 bits per heavy atom. The lowest BCUT2D eigenvalue weighted by Gasteiger charge is -2.06. The molecule has 2 aromatic carbocycles. The van der Waals surface area contributed by atoms with E-state index in [9.17, 15) is 0 Å². The molecular formula is C19H18ClNOS. The Hall–Kier alpha value is -1.84. The van der Waals surface area contributed by atoms with Gasteiger partial charge in [0.05, 0.1) is 5.69 Å². The van der Waals surface area contributed by atoms with E-state index in [0.29, 0.717) is 12.5 Å². The number of nitrogens with zero attached hydrogens (tertiary/aromatic N) is 1. The van der Waals surface area contributed by atoms with Gasteiger partial charge < -0.3 is 4.74 Å². The van der Waals surface area contributed by atoms with Crippen LogP contribution in [-0.4, -0.2) is 4.98 Å². The van der Waals surface area contributed by atoms with Crippen LogP contribution in [0.15, 0.2) is 54.6 Å². The van der Waals surface area contributed by atoms with E-state index in [-0.39, 0.29) is 0 Å². The summed E-state index contributed by atoms with van der Waals surface area (Å²) in [6.45, 7) is 2.65. The van der Waals surface area contributed by atoms with Crippen molar-refractivity contribution in [1.29, 1.82) is 0 Å². The van der Waals surface area contributed by atoms with Gasteiger partial charge in [0.2, 0.25) is 0 Å². The monoisotopic (exact) mass is 343 g/mol. The van der Waals surface area contributed by atoms with E-state index in [1.807, 2.05) is 42.5 Å². The fraction of sp³-hybridized carbons (Fsp3) is 0.211. The number of benzene rings is 2. The second-order valence-corrected chi connectivity index (χ2v) is 6.53. The summed E-state index contributed by atoms with van der Waals surface area (Å²) in [6.07, 6.45) is 0.967. The zero-order valence-electron chi connectivity index (χ0n) is 13.0. The number of alkyl halides is 1. The fourth-order valence-electron chi connectivity index (χ4n) is 2.30. The molecule has 0 spiro atoms. The number of ether oxygens (including phenoxy) is 1. The highest BCUT2D eigenvalue weighted by Gasteiger charge is 2.11. The molecule has 118 valence electrons. The molecule has 2 nitrogen and oxygen atoms in total. The lowest BCUT2D eigenvalue weighted by Crippen LogP contribution is -1.98. The van der Waals surface area contributed by atoms with Gasteiger partial charge in [-0.3, -0.25) is 0 Å². The van der Waals surface area contributed by atoms with Gasteiger partial charge in [0.15, 0.2) is 0 Å². The van der Waals surface area contributed by atoms with Gasteiger partial charge in [-0.05, 0) is 24.1 Å². The van der Waals surface area contributed by atoms with Crippen molar-refractivity contribution < 1.29 is 4.74 Å². The highest BCUT2D eigenvalue weighted by Crippen LogP contribution is 2.29. The minimum Gasteiger partial charge on any atom is -0.487 e. The molecule has 0 atom stereocenters. The summed E-state index contributed by atoms with van der Waals surface area (Å²) >= 11 is 7.55. The van der Waals surface area contributed by atoms with Crippen LogP contribution in [0.5, 0.6) is 5.75 Å². The molecule has 0 fully saturated rings. The number of halogens is 1. The van der Waals surface area contributed by atoms with Gasteiger partial charge >= 0.3 is 0 Å².